The molecular weight excluding hydrogens is 192 g/mol. The predicted molar refractivity (Wildman–Crippen MR) is 57.3 cm³/mol. The summed E-state index contributed by atoms with van der Waals surface area (Å²) in [6.07, 6.45) is 5.20. The lowest BCUT2D eigenvalue weighted by Crippen LogP contribution is -2.20. The van der Waals surface area contributed by atoms with Gasteiger partial charge >= 0.3 is 0 Å². The van der Waals surface area contributed by atoms with Crippen molar-refractivity contribution in [1.29, 1.82) is 0 Å². The molecule has 0 bridgehead atoms. The zero-order chi connectivity index (χ0) is 10.7. The third-order valence-corrected chi connectivity index (χ3v) is 2.23. The number of anilines is 1. The van der Waals surface area contributed by atoms with Gasteiger partial charge in [0.05, 0.1) is 0 Å². The number of nitrogens with zero attached hydrogens (tertiary/aromatic N) is 3. The molecule has 78 valence electrons. The summed E-state index contributed by atoms with van der Waals surface area (Å²) in [4.78, 5) is 15.3. The van der Waals surface area contributed by atoms with Gasteiger partial charge in [0.2, 0.25) is 0 Å². The van der Waals surface area contributed by atoms with E-state index in [1.165, 1.54) is 6.07 Å². The van der Waals surface area contributed by atoms with Crippen LogP contribution in [0.25, 0.3) is 0 Å². The van der Waals surface area contributed by atoms with Crippen molar-refractivity contribution in [3.8, 4) is 0 Å². The van der Waals surface area contributed by atoms with Crippen LogP contribution in [0.5, 0.6) is 0 Å². The van der Waals surface area contributed by atoms with Crippen molar-refractivity contribution in [2.45, 2.75) is 13.1 Å². The Bertz CT molecular complexity index is 500. The fourth-order valence-corrected chi connectivity index (χ4v) is 1.39. The number of pyridine rings is 1. The smallest absolute Gasteiger partial charge is 0.250 e. The molecule has 2 heterocycles. The topological polar surface area (TPSA) is 65.8 Å². The molecule has 0 fully saturated rings. The lowest BCUT2D eigenvalue weighted by molar-refractivity contribution is 0.570. The van der Waals surface area contributed by atoms with Crippen LogP contribution in [0, 0.1) is 0 Å². The van der Waals surface area contributed by atoms with Gasteiger partial charge in [0.15, 0.2) is 5.95 Å². The molecular formula is C10H12N4O. The predicted octanol–water partition coefficient (Wildman–Crippen LogP) is 0.327. The SMILES string of the molecule is Nc1nccn1CCn1ccccc1=O. The number of nitrogen functional groups attached to an aromatic ring is 1. The van der Waals surface area contributed by atoms with E-state index in [4.69, 9.17) is 5.73 Å². The highest BCUT2D eigenvalue weighted by molar-refractivity contribution is 5.16. The fourth-order valence-electron chi connectivity index (χ4n) is 1.39. The highest BCUT2D eigenvalue weighted by Crippen LogP contribution is 1.98. The van der Waals surface area contributed by atoms with Crippen molar-refractivity contribution in [2.24, 2.45) is 0 Å². The second-order valence-electron chi connectivity index (χ2n) is 3.21. The summed E-state index contributed by atoms with van der Waals surface area (Å²) in [6, 6.07) is 5.10. The molecule has 0 radical (unpaired) electrons. The minimum absolute atomic E-state index is 0.00353. The molecule has 0 aliphatic carbocycles. The van der Waals surface area contributed by atoms with Crippen LogP contribution >= 0.6 is 0 Å². The van der Waals surface area contributed by atoms with Crippen LogP contribution in [-0.2, 0) is 13.1 Å². The van der Waals surface area contributed by atoms with Crippen LogP contribution in [0.2, 0.25) is 0 Å². The maximum Gasteiger partial charge on any atom is 0.250 e. The van der Waals surface area contributed by atoms with E-state index in [2.05, 4.69) is 4.98 Å². The molecule has 0 unspecified atom stereocenters. The minimum Gasteiger partial charge on any atom is -0.369 e. The summed E-state index contributed by atoms with van der Waals surface area (Å²) in [7, 11) is 0. The summed E-state index contributed by atoms with van der Waals surface area (Å²) >= 11 is 0. The van der Waals surface area contributed by atoms with E-state index in [1.54, 1.807) is 33.8 Å². The second kappa shape index (κ2) is 4.00. The van der Waals surface area contributed by atoms with Gasteiger partial charge in [-0.15, -0.1) is 0 Å². The van der Waals surface area contributed by atoms with Crippen LogP contribution in [-0.4, -0.2) is 14.1 Å². The lowest BCUT2D eigenvalue weighted by Gasteiger charge is -2.06. The molecule has 5 nitrogen and oxygen atoms in total. The van der Waals surface area contributed by atoms with Crippen LogP contribution in [0.1, 0.15) is 0 Å². The van der Waals surface area contributed by atoms with Crippen molar-refractivity contribution in [1.82, 2.24) is 14.1 Å². The van der Waals surface area contributed by atoms with Crippen molar-refractivity contribution in [3.05, 3.63) is 47.1 Å². The molecule has 0 saturated carbocycles. The van der Waals surface area contributed by atoms with Gasteiger partial charge in [0.1, 0.15) is 0 Å². The van der Waals surface area contributed by atoms with Crippen LogP contribution in [0.15, 0.2) is 41.6 Å². The van der Waals surface area contributed by atoms with Crippen LogP contribution in [0.4, 0.5) is 5.95 Å². The summed E-state index contributed by atoms with van der Waals surface area (Å²) in [6.45, 7) is 1.25. The average Bonchev–Trinajstić information content (AvgIpc) is 2.63. The van der Waals surface area contributed by atoms with Crippen LogP contribution < -0.4 is 11.3 Å². The van der Waals surface area contributed by atoms with E-state index < -0.39 is 0 Å². The number of hydrogen-bond donors (Lipinski definition) is 1. The molecule has 15 heavy (non-hydrogen) atoms. The monoisotopic (exact) mass is 204 g/mol. The number of rotatable bonds is 3. The standard InChI is InChI=1S/C10H12N4O/c11-10-12-4-6-14(10)8-7-13-5-2-1-3-9(13)15/h1-6H,7-8H2,(H2,11,12). The van der Waals surface area contributed by atoms with Crippen molar-refractivity contribution in [3.63, 3.8) is 0 Å². The minimum atomic E-state index is -0.00353. The van der Waals surface area contributed by atoms with E-state index in [0.29, 0.717) is 19.0 Å². The van der Waals surface area contributed by atoms with E-state index >= 15 is 0 Å². The number of nitrogens with two attached hydrogens (primary N) is 1. The number of aromatic nitrogens is 3. The normalized spacial score (nSPS) is 10.4. The first kappa shape index (κ1) is 9.51. The molecule has 0 aliphatic rings. The van der Waals surface area contributed by atoms with Gasteiger partial charge in [-0.2, -0.15) is 0 Å². The summed E-state index contributed by atoms with van der Waals surface area (Å²) < 4.78 is 3.44. The first-order valence-electron chi connectivity index (χ1n) is 4.69. The largest absolute Gasteiger partial charge is 0.369 e. The summed E-state index contributed by atoms with van der Waals surface area (Å²) in [5.74, 6) is 0.471. The molecule has 0 amide bonds. The third kappa shape index (κ3) is 2.07. The molecule has 0 saturated heterocycles. The van der Waals surface area contributed by atoms with E-state index in [0.717, 1.165) is 0 Å². The maximum atomic E-state index is 11.4. The Morgan fingerprint density at radius 3 is 2.67 bits per heavy atom. The Kier molecular flexibility index (Phi) is 2.53. The Balaban J connectivity index is 2.09. The number of imidazole rings is 1. The Labute approximate surface area is 86.8 Å². The molecule has 0 spiro atoms. The molecule has 2 aromatic heterocycles. The highest BCUT2D eigenvalue weighted by atomic mass is 16.1. The Morgan fingerprint density at radius 1 is 1.20 bits per heavy atom. The van der Waals surface area contributed by atoms with Gasteiger partial charge < -0.3 is 14.9 Å². The molecule has 2 aromatic rings. The Morgan fingerprint density at radius 2 is 2.00 bits per heavy atom. The molecule has 5 heteroatoms. The van der Waals surface area contributed by atoms with E-state index in [1.807, 2.05) is 6.07 Å². The van der Waals surface area contributed by atoms with Gasteiger partial charge in [-0.3, -0.25) is 4.79 Å². The Hall–Kier alpha value is -2.04. The maximum absolute atomic E-state index is 11.4. The van der Waals surface area contributed by atoms with Gasteiger partial charge in [0, 0.05) is 37.7 Å². The van der Waals surface area contributed by atoms with Gasteiger partial charge in [-0.05, 0) is 6.07 Å². The molecule has 0 atom stereocenters. The molecule has 0 aromatic carbocycles. The quantitative estimate of drug-likeness (QED) is 0.783. The molecule has 0 aliphatic heterocycles. The van der Waals surface area contributed by atoms with Gasteiger partial charge in [-0.25, -0.2) is 4.98 Å². The van der Waals surface area contributed by atoms with Crippen LogP contribution in [0.3, 0.4) is 0 Å². The first-order valence-corrected chi connectivity index (χ1v) is 4.69. The third-order valence-electron chi connectivity index (χ3n) is 2.23. The number of hydrogen-bond acceptors (Lipinski definition) is 3. The lowest BCUT2D eigenvalue weighted by atomic mass is 10.4. The summed E-state index contributed by atoms with van der Waals surface area (Å²) in [5, 5.41) is 0. The zero-order valence-corrected chi connectivity index (χ0v) is 8.21. The average molecular weight is 204 g/mol. The fraction of sp³-hybridized carbons (Fsp3) is 0.200. The van der Waals surface area contributed by atoms with Crippen molar-refractivity contribution in [2.75, 3.05) is 5.73 Å². The van der Waals surface area contributed by atoms with Crippen molar-refractivity contribution >= 4 is 5.95 Å². The summed E-state index contributed by atoms with van der Waals surface area (Å²) in [5.41, 5.74) is 5.60. The van der Waals surface area contributed by atoms with E-state index in [9.17, 15) is 4.79 Å². The van der Waals surface area contributed by atoms with Gasteiger partial charge in [-0.1, -0.05) is 6.07 Å². The highest BCUT2D eigenvalue weighted by Gasteiger charge is 1.98. The first-order chi connectivity index (χ1) is 7.27. The molecule has 2 N–H and O–H groups in total. The second-order valence-corrected chi connectivity index (χ2v) is 3.21. The number of aryl methyl sites for hydroxylation is 2. The van der Waals surface area contributed by atoms with Gasteiger partial charge in [0.25, 0.3) is 5.56 Å². The van der Waals surface area contributed by atoms with Crippen molar-refractivity contribution < 1.29 is 0 Å². The molecule has 2 rings (SSSR count). The zero-order valence-electron chi connectivity index (χ0n) is 8.21. The van der Waals surface area contributed by atoms with E-state index in [-0.39, 0.29) is 5.56 Å².